The molecule has 1 heterocycles. The monoisotopic (exact) mass is 342 g/mol. The molecule has 5 aliphatic rings. The first kappa shape index (κ1) is 16.3. The molecule has 1 saturated heterocycles. The van der Waals surface area contributed by atoms with E-state index >= 15 is 0 Å². The normalized spacial score (nSPS) is 47.2. The molecule has 3 heteroatoms. The van der Waals surface area contributed by atoms with E-state index in [-0.39, 0.29) is 18.0 Å². The fourth-order valence-electron chi connectivity index (χ4n) is 6.95. The van der Waals surface area contributed by atoms with Gasteiger partial charge in [-0.05, 0) is 74.7 Å². The highest BCUT2D eigenvalue weighted by Crippen LogP contribution is 2.68. The maximum atomic E-state index is 6.54. The average Bonchev–Trinajstić information content (AvgIpc) is 2.62. The third-order valence-electron chi connectivity index (χ3n) is 7.54. The molecule has 4 saturated carbocycles. The van der Waals surface area contributed by atoms with Crippen LogP contribution in [0.25, 0.3) is 0 Å². The number of ether oxygens (including phenoxy) is 3. The summed E-state index contributed by atoms with van der Waals surface area (Å²) in [6.07, 6.45) is 6.48. The van der Waals surface area contributed by atoms with Gasteiger partial charge in [0.2, 0.25) is 0 Å². The van der Waals surface area contributed by atoms with Crippen molar-refractivity contribution in [2.45, 2.75) is 69.4 Å². The summed E-state index contributed by atoms with van der Waals surface area (Å²) in [6.45, 7) is 5.57. The van der Waals surface area contributed by atoms with Crippen molar-refractivity contribution in [2.75, 3.05) is 13.2 Å². The summed E-state index contributed by atoms with van der Waals surface area (Å²) in [5.41, 5.74) is 1.85. The SMILES string of the molecule is CCO[C@H]1OC2([C@@H]3CC4C[C@H]2CC(c2ccccc2)(C4)C3)[C@H]1OCC. The quantitative estimate of drug-likeness (QED) is 0.798. The van der Waals surface area contributed by atoms with Crippen molar-refractivity contribution in [3.63, 3.8) is 0 Å². The summed E-state index contributed by atoms with van der Waals surface area (Å²) in [6, 6.07) is 11.3. The molecule has 0 aromatic heterocycles. The highest BCUT2D eigenvalue weighted by Gasteiger charge is 2.72. The van der Waals surface area contributed by atoms with Crippen molar-refractivity contribution in [1.82, 2.24) is 0 Å². The van der Waals surface area contributed by atoms with E-state index in [2.05, 4.69) is 37.3 Å². The lowest BCUT2D eigenvalue weighted by Gasteiger charge is -2.71. The van der Waals surface area contributed by atoms with Gasteiger partial charge in [0, 0.05) is 13.2 Å². The Hall–Kier alpha value is -0.900. The third-order valence-corrected chi connectivity index (χ3v) is 7.54. The van der Waals surface area contributed by atoms with E-state index in [1.54, 1.807) is 5.56 Å². The molecule has 3 unspecified atom stereocenters. The maximum absolute atomic E-state index is 6.54. The molecule has 0 N–H and O–H groups in total. The van der Waals surface area contributed by atoms with E-state index < -0.39 is 0 Å². The Morgan fingerprint density at radius 3 is 2.28 bits per heavy atom. The molecule has 1 spiro atoms. The third kappa shape index (κ3) is 2.15. The number of rotatable bonds is 5. The van der Waals surface area contributed by atoms with Crippen molar-refractivity contribution in [1.29, 1.82) is 0 Å². The zero-order valence-electron chi connectivity index (χ0n) is 15.4. The van der Waals surface area contributed by atoms with Crippen LogP contribution < -0.4 is 0 Å². The summed E-state index contributed by atoms with van der Waals surface area (Å²) in [7, 11) is 0. The molecule has 3 nitrogen and oxygen atoms in total. The van der Waals surface area contributed by atoms with Gasteiger partial charge in [-0.1, -0.05) is 30.3 Å². The van der Waals surface area contributed by atoms with Crippen molar-refractivity contribution in [3.8, 4) is 0 Å². The minimum Gasteiger partial charge on any atom is -0.370 e. The molecule has 7 atom stereocenters. The van der Waals surface area contributed by atoms with Crippen LogP contribution in [-0.2, 0) is 19.6 Å². The van der Waals surface area contributed by atoms with Gasteiger partial charge in [-0.25, -0.2) is 0 Å². The largest absolute Gasteiger partial charge is 0.370 e. The van der Waals surface area contributed by atoms with Crippen LogP contribution in [-0.4, -0.2) is 31.2 Å². The molecular weight excluding hydrogens is 312 g/mol. The van der Waals surface area contributed by atoms with Crippen molar-refractivity contribution < 1.29 is 14.2 Å². The van der Waals surface area contributed by atoms with Crippen LogP contribution in [0, 0.1) is 17.8 Å². The first-order chi connectivity index (χ1) is 12.2. The molecule has 5 fully saturated rings. The molecular formula is C22H30O3. The maximum Gasteiger partial charge on any atom is 0.187 e. The van der Waals surface area contributed by atoms with E-state index in [4.69, 9.17) is 14.2 Å². The molecule has 1 aliphatic heterocycles. The summed E-state index contributed by atoms with van der Waals surface area (Å²) < 4.78 is 18.6. The van der Waals surface area contributed by atoms with Gasteiger partial charge in [0.05, 0.1) is 0 Å². The molecule has 25 heavy (non-hydrogen) atoms. The van der Waals surface area contributed by atoms with E-state index in [0.29, 0.717) is 23.9 Å². The smallest absolute Gasteiger partial charge is 0.187 e. The first-order valence-electron chi connectivity index (χ1n) is 10.2. The lowest BCUT2D eigenvalue weighted by atomic mass is 9.41. The number of hydrogen-bond donors (Lipinski definition) is 0. The molecule has 6 rings (SSSR count). The standard InChI is InChI=1S/C22H30O3/c1-3-23-19-20(24-4-2)25-22(19)17-10-15-11-18(22)14-21(12-15,13-17)16-8-6-5-7-9-16/h5-9,15,17-20H,3-4,10-14H2,1-2H3/t15?,17-,18+,19-,20-,21?,22?/m0/s1. The van der Waals surface area contributed by atoms with Gasteiger partial charge >= 0.3 is 0 Å². The molecule has 136 valence electrons. The Kier molecular flexibility index (Phi) is 3.78. The van der Waals surface area contributed by atoms with Gasteiger partial charge < -0.3 is 14.2 Å². The average molecular weight is 342 g/mol. The highest BCUT2D eigenvalue weighted by atomic mass is 16.7. The van der Waals surface area contributed by atoms with Crippen LogP contribution in [0.4, 0.5) is 0 Å². The van der Waals surface area contributed by atoms with E-state index in [9.17, 15) is 0 Å². The Morgan fingerprint density at radius 1 is 0.960 bits per heavy atom. The van der Waals surface area contributed by atoms with Gasteiger partial charge in [-0.2, -0.15) is 0 Å². The lowest BCUT2D eigenvalue weighted by molar-refractivity contribution is -0.429. The minimum absolute atomic E-state index is 0.0783. The van der Waals surface area contributed by atoms with E-state index in [1.807, 2.05) is 6.92 Å². The van der Waals surface area contributed by atoms with Crippen LogP contribution in [0.2, 0.25) is 0 Å². The molecule has 4 bridgehead atoms. The second-order valence-corrected chi connectivity index (χ2v) is 8.66. The van der Waals surface area contributed by atoms with Crippen molar-refractivity contribution in [3.05, 3.63) is 35.9 Å². The topological polar surface area (TPSA) is 27.7 Å². The fourth-order valence-corrected chi connectivity index (χ4v) is 6.95. The first-order valence-corrected chi connectivity index (χ1v) is 10.2. The van der Waals surface area contributed by atoms with Gasteiger partial charge in [0.15, 0.2) is 6.29 Å². The molecule has 4 aliphatic carbocycles. The van der Waals surface area contributed by atoms with Crippen LogP contribution in [0.1, 0.15) is 51.5 Å². The Morgan fingerprint density at radius 2 is 1.64 bits per heavy atom. The minimum atomic E-state index is -0.157. The Bertz CT molecular complexity index is 611. The highest BCUT2D eigenvalue weighted by molar-refractivity contribution is 5.32. The van der Waals surface area contributed by atoms with Gasteiger partial charge in [-0.3, -0.25) is 0 Å². The van der Waals surface area contributed by atoms with Crippen LogP contribution in [0.3, 0.4) is 0 Å². The van der Waals surface area contributed by atoms with Crippen molar-refractivity contribution in [2.24, 2.45) is 17.8 Å². The van der Waals surface area contributed by atoms with Gasteiger partial charge in [-0.15, -0.1) is 0 Å². The van der Waals surface area contributed by atoms with E-state index in [1.165, 1.54) is 32.1 Å². The summed E-state index contributed by atoms with van der Waals surface area (Å²) >= 11 is 0. The zero-order valence-corrected chi connectivity index (χ0v) is 15.4. The summed E-state index contributed by atoms with van der Waals surface area (Å²) in [5, 5.41) is 0. The summed E-state index contributed by atoms with van der Waals surface area (Å²) in [5.74, 6) is 2.10. The Balaban J connectivity index is 1.47. The van der Waals surface area contributed by atoms with Gasteiger partial charge in [0.25, 0.3) is 0 Å². The fraction of sp³-hybridized carbons (Fsp3) is 0.727. The predicted octanol–water partition coefficient (Wildman–Crippen LogP) is 4.30. The predicted molar refractivity (Wildman–Crippen MR) is 96.3 cm³/mol. The molecule has 0 amide bonds. The second kappa shape index (κ2) is 5.80. The number of hydrogen-bond acceptors (Lipinski definition) is 3. The zero-order chi connectivity index (χ0) is 17.1. The molecule has 0 radical (unpaired) electrons. The van der Waals surface area contributed by atoms with E-state index in [0.717, 1.165) is 12.5 Å². The second-order valence-electron chi connectivity index (χ2n) is 8.66. The van der Waals surface area contributed by atoms with Crippen LogP contribution in [0.15, 0.2) is 30.3 Å². The van der Waals surface area contributed by atoms with Crippen LogP contribution >= 0.6 is 0 Å². The van der Waals surface area contributed by atoms with Crippen molar-refractivity contribution >= 4 is 0 Å². The molecule has 1 aromatic rings. The molecule has 1 aromatic carbocycles. The lowest BCUT2D eigenvalue weighted by Crippen LogP contribution is -2.78. The van der Waals surface area contributed by atoms with Crippen LogP contribution in [0.5, 0.6) is 0 Å². The summed E-state index contributed by atoms with van der Waals surface area (Å²) in [4.78, 5) is 0. The number of benzene rings is 1. The van der Waals surface area contributed by atoms with Gasteiger partial charge in [0.1, 0.15) is 11.7 Å². The Labute approximate surface area is 151 Å².